The van der Waals surface area contributed by atoms with E-state index in [1.165, 1.54) is 11.1 Å². The zero-order valence-electron chi connectivity index (χ0n) is 15.7. The van der Waals surface area contributed by atoms with Gasteiger partial charge < -0.3 is 10.6 Å². The van der Waals surface area contributed by atoms with Gasteiger partial charge in [0.1, 0.15) is 0 Å². The molecule has 3 rings (SSSR count). The number of hydrogen-bond acceptors (Lipinski definition) is 4. The first kappa shape index (κ1) is 18.5. The van der Waals surface area contributed by atoms with Crippen molar-refractivity contribution in [2.45, 2.75) is 32.7 Å². The third-order valence-corrected chi connectivity index (χ3v) is 5.03. The number of carbonyl (C=O) groups excluding carboxylic acids is 1. The number of aryl methyl sites for hydroxylation is 2. The maximum atomic E-state index is 12.8. The molecule has 26 heavy (non-hydrogen) atoms. The van der Waals surface area contributed by atoms with Gasteiger partial charge in [0.25, 0.3) is 0 Å². The highest BCUT2D eigenvalue weighted by atomic mass is 16.2. The van der Waals surface area contributed by atoms with Crippen molar-refractivity contribution in [2.24, 2.45) is 0 Å². The maximum absolute atomic E-state index is 12.8. The Bertz CT molecular complexity index is 710. The molecule has 1 fully saturated rings. The zero-order chi connectivity index (χ0) is 18.4. The average Bonchev–Trinajstić information content (AvgIpc) is 2.69. The molecule has 2 heterocycles. The van der Waals surface area contributed by atoms with E-state index in [-0.39, 0.29) is 11.9 Å². The summed E-state index contributed by atoms with van der Waals surface area (Å²) in [6.07, 6.45) is 5.50. The van der Waals surface area contributed by atoms with Crippen LogP contribution in [0.2, 0.25) is 0 Å². The molecule has 1 unspecified atom stereocenters. The molecule has 2 N–H and O–H groups in total. The molecule has 0 aliphatic carbocycles. The highest BCUT2D eigenvalue weighted by molar-refractivity contribution is 5.94. The summed E-state index contributed by atoms with van der Waals surface area (Å²) in [5, 5.41) is 6.61. The number of piperazine rings is 1. The highest BCUT2D eigenvalue weighted by Crippen LogP contribution is 2.24. The Morgan fingerprint density at radius 3 is 2.65 bits per heavy atom. The van der Waals surface area contributed by atoms with Gasteiger partial charge in [0.2, 0.25) is 5.91 Å². The van der Waals surface area contributed by atoms with Crippen LogP contribution in [-0.4, -0.2) is 42.0 Å². The van der Waals surface area contributed by atoms with Crippen LogP contribution < -0.4 is 10.6 Å². The van der Waals surface area contributed by atoms with Crippen LogP contribution in [0, 0.1) is 0 Å². The zero-order valence-corrected chi connectivity index (χ0v) is 15.7. The Hall–Kier alpha value is -2.24. The van der Waals surface area contributed by atoms with Crippen LogP contribution in [0.1, 0.15) is 36.6 Å². The first-order valence-electron chi connectivity index (χ1n) is 9.48. The lowest BCUT2D eigenvalue weighted by atomic mass is 10.0. The van der Waals surface area contributed by atoms with E-state index in [4.69, 9.17) is 0 Å². The van der Waals surface area contributed by atoms with E-state index in [0.717, 1.165) is 43.7 Å². The number of rotatable bonds is 6. The third kappa shape index (κ3) is 4.29. The Balaban J connectivity index is 1.73. The maximum Gasteiger partial charge on any atom is 0.238 e. The smallest absolute Gasteiger partial charge is 0.238 e. The van der Waals surface area contributed by atoms with Crippen molar-refractivity contribution in [1.82, 2.24) is 15.2 Å². The normalized spacial score (nSPS) is 17.8. The molecule has 1 aliphatic rings. The van der Waals surface area contributed by atoms with E-state index in [2.05, 4.69) is 58.6 Å². The van der Waals surface area contributed by atoms with Gasteiger partial charge in [-0.1, -0.05) is 38.1 Å². The van der Waals surface area contributed by atoms with Gasteiger partial charge in [-0.3, -0.25) is 14.7 Å². The second-order valence-corrected chi connectivity index (χ2v) is 6.68. The Labute approximate surface area is 155 Å². The molecule has 5 heteroatoms. The number of nitrogens with zero attached hydrogens (tertiary/aromatic N) is 2. The number of nitrogens with one attached hydrogen (secondary N) is 2. The van der Waals surface area contributed by atoms with Gasteiger partial charge in [-0.25, -0.2) is 0 Å². The summed E-state index contributed by atoms with van der Waals surface area (Å²) in [6.45, 7) is 7.23. The number of aromatic nitrogens is 1. The van der Waals surface area contributed by atoms with Crippen LogP contribution in [0.25, 0.3) is 0 Å². The lowest BCUT2D eigenvalue weighted by Gasteiger charge is -2.35. The summed E-state index contributed by atoms with van der Waals surface area (Å²) in [4.78, 5) is 19.3. The molecule has 1 atom stereocenters. The SMILES string of the molecule is CCc1cccc(CC)c1NC(=O)CN1CCNCC1c1cccnc1. The minimum atomic E-state index is 0.0522. The predicted molar refractivity (Wildman–Crippen MR) is 105 cm³/mol. The van der Waals surface area contributed by atoms with Gasteiger partial charge in [-0.15, -0.1) is 0 Å². The molecule has 0 saturated carbocycles. The fraction of sp³-hybridized carbons (Fsp3) is 0.429. The molecule has 1 amide bonds. The van der Waals surface area contributed by atoms with Crippen molar-refractivity contribution in [1.29, 1.82) is 0 Å². The van der Waals surface area contributed by atoms with Crippen molar-refractivity contribution in [3.05, 3.63) is 59.4 Å². The molecule has 0 spiro atoms. The lowest BCUT2D eigenvalue weighted by Crippen LogP contribution is -2.48. The quantitative estimate of drug-likeness (QED) is 0.839. The first-order chi connectivity index (χ1) is 12.7. The molecule has 138 valence electrons. The van der Waals surface area contributed by atoms with E-state index in [1.807, 2.05) is 12.3 Å². The number of para-hydroxylation sites is 1. The van der Waals surface area contributed by atoms with Gasteiger partial charge in [-0.2, -0.15) is 0 Å². The van der Waals surface area contributed by atoms with Crippen molar-refractivity contribution >= 4 is 11.6 Å². The Morgan fingerprint density at radius 2 is 2.00 bits per heavy atom. The van der Waals surface area contributed by atoms with Crippen LogP contribution >= 0.6 is 0 Å². The Kier molecular flexibility index (Phi) is 6.36. The molecule has 0 bridgehead atoms. The highest BCUT2D eigenvalue weighted by Gasteiger charge is 2.26. The first-order valence-corrected chi connectivity index (χ1v) is 9.48. The van der Waals surface area contributed by atoms with Gasteiger partial charge >= 0.3 is 0 Å². The van der Waals surface area contributed by atoms with Gasteiger partial charge in [0, 0.05) is 43.8 Å². The molecule has 1 aliphatic heterocycles. The van der Waals surface area contributed by atoms with Crippen molar-refractivity contribution in [3.8, 4) is 0 Å². The van der Waals surface area contributed by atoms with Crippen molar-refractivity contribution in [3.63, 3.8) is 0 Å². The van der Waals surface area contributed by atoms with Crippen LogP contribution in [0.5, 0.6) is 0 Å². The summed E-state index contributed by atoms with van der Waals surface area (Å²) in [5.41, 5.74) is 4.54. The van der Waals surface area contributed by atoms with E-state index in [0.29, 0.717) is 6.54 Å². The van der Waals surface area contributed by atoms with E-state index in [1.54, 1.807) is 6.20 Å². The molecular formula is C21H28N4O. The number of amides is 1. The van der Waals surface area contributed by atoms with Gasteiger partial charge in [0.05, 0.1) is 6.54 Å². The van der Waals surface area contributed by atoms with E-state index in [9.17, 15) is 4.79 Å². The van der Waals surface area contributed by atoms with Crippen molar-refractivity contribution in [2.75, 3.05) is 31.5 Å². The average molecular weight is 352 g/mol. The molecule has 1 aromatic heterocycles. The fourth-order valence-electron chi connectivity index (χ4n) is 3.60. The molecule has 5 nitrogen and oxygen atoms in total. The largest absolute Gasteiger partial charge is 0.324 e. The van der Waals surface area contributed by atoms with Crippen LogP contribution in [0.4, 0.5) is 5.69 Å². The molecule has 1 aromatic carbocycles. The van der Waals surface area contributed by atoms with Crippen LogP contribution in [-0.2, 0) is 17.6 Å². The molecule has 2 aromatic rings. The second kappa shape index (κ2) is 8.92. The molecule has 0 radical (unpaired) electrons. The van der Waals surface area contributed by atoms with Gasteiger partial charge in [-0.05, 0) is 35.6 Å². The van der Waals surface area contributed by atoms with Gasteiger partial charge in [0.15, 0.2) is 0 Å². The summed E-state index contributed by atoms with van der Waals surface area (Å²) >= 11 is 0. The third-order valence-electron chi connectivity index (χ3n) is 5.03. The Morgan fingerprint density at radius 1 is 1.23 bits per heavy atom. The van der Waals surface area contributed by atoms with E-state index >= 15 is 0 Å². The van der Waals surface area contributed by atoms with Crippen molar-refractivity contribution < 1.29 is 4.79 Å². The standard InChI is InChI=1S/C21H28N4O/c1-3-16-7-5-8-17(4-2)21(16)24-20(26)15-25-12-11-23-14-19(25)18-9-6-10-22-13-18/h5-10,13,19,23H,3-4,11-12,14-15H2,1-2H3,(H,24,26). The lowest BCUT2D eigenvalue weighted by molar-refractivity contribution is -0.118. The summed E-state index contributed by atoms with van der Waals surface area (Å²) in [5.74, 6) is 0.0522. The molecule has 1 saturated heterocycles. The predicted octanol–water partition coefficient (Wildman–Crippen LogP) is 2.79. The summed E-state index contributed by atoms with van der Waals surface area (Å²) in [7, 11) is 0. The van der Waals surface area contributed by atoms with Crippen LogP contribution in [0.3, 0.4) is 0 Å². The fourth-order valence-corrected chi connectivity index (χ4v) is 3.60. The second-order valence-electron chi connectivity index (χ2n) is 6.68. The molecular weight excluding hydrogens is 324 g/mol. The topological polar surface area (TPSA) is 57.3 Å². The van der Waals surface area contributed by atoms with E-state index < -0.39 is 0 Å². The number of hydrogen-bond donors (Lipinski definition) is 2. The summed E-state index contributed by atoms with van der Waals surface area (Å²) in [6, 6.07) is 10.5. The number of benzene rings is 1. The number of anilines is 1. The number of carbonyl (C=O) groups is 1. The number of pyridine rings is 1. The summed E-state index contributed by atoms with van der Waals surface area (Å²) < 4.78 is 0. The monoisotopic (exact) mass is 352 g/mol. The minimum absolute atomic E-state index is 0.0522. The minimum Gasteiger partial charge on any atom is -0.324 e. The van der Waals surface area contributed by atoms with Crippen LogP contribution in [0.15, 0.2) is 42.7 Å².